The molecule has 0 aromatic heterocycles. The second-order valence-corrected chi connectivity index (χ2v) is 3.96. The highest BCUT2D eigenvalue weighted by Crippen LogP contribution is 2.22. The van der Waals surface area contributed by atoms with E-state index in [1.54, 1.807) is 31.2 Å². The van der Waals surface area contributed by atoms with E-state index in [1.165, 1.54) is 18.2 Å². The lowest BCUT2D eigenvalue weighted by molar-refractivity contribution is 0.425. The van der Waals surface area contributed by atoms with Gasteiger partial charge in [0, 0.05) is 6.07 Å². The Kier molecular flexibility index (Phi) is 3.65. The Balaban J connectivity index is 2.15. The van der Waals surface area contributed by atoms with Gasteiger partial charge in [0.2, 0.25) is 0 Å². The first-order valence-corrected chi connectivity index (χ1v) is 5.46. The highest BCUT2D eigenvalue weighted by Gasteiger charge is 2.10. The van der Waals surface area contributed by atoms with Gasteiger partial charge in [0.25, 0.3) is 0 Å². The number of rotatable bonds is 3. The van der Waals surface area contributed by atoms with E-state index in [0.717, 1.165) is 0 Å². The third-order valence-corrected chi connectivity index (χ3v) is 2.56. The number of hydrogen-bond acceptors (Lipinski definition) is 3. The number of hydrogen-bond donors (Lipinski definition) is 2. The van der Waals surface area contributed by atoms with Gasteiger partial charge in [-0.3, -0.25) is 0 Å². The van der Waals surface area contributed by atoms with Gasteiger partial charge < -0.3 is 14.8 Å². The Bertz CT molecular complexity index is 540. The van der Waals surface area contributed by atoms with E-state index in [2.05, 4.69) is 0 Å². The first-order chi connectivity index (χ1) is 8.56. The van der Waals surface area contributed by atoms with Crippen molar-refractivity contribution in [3.8, 4) is 11.5 Å². The van der Waals surface area contributed by atoms with Crippen LogP contribution in [0.3, 0.4) is 0 Å². The first kappa shape index (κ1) is 12.6. The van der Waals surface area contributed by atoms with E-state index < -0.39 is 7.12 Å². The molecule has 18 heavy (non-hydrogen) atoms. The highest BCUT2D eigenvalue weighted by atomic mass is 19.1. The van der Waals surface area contributed by atoms with Crippen molar-refractivity contribution in [1.82, 2.24) is 0 Å². The van der Waals surface area contributed by atoms with Crippen LogP contribution in [0.1, 0.15) is 5.56 Å². The van der Waals surface area contributed by atoms with Gasteiger partial charge >= 0.3 is 7.12 Å². The van der Waals surface area contributed by atoms with Crippen molar-refractivity contribution in [1.29, 1.82) is 0 Å². The van der Waals surface area contributed by atoms with E-state index in [4.69, 9.17) is 14.8 Å². The molecule has 2 rings (SSSR count). The fourth-order valence-corrected chi connectivity index (χ4v) is 1.48. The van der Waals surface area contributed by atoms with Crippen LogP contribution in [0.2, 0.25) is 0 Å². The highest BCUT2D eigenvalue weighted by molar-refractivity contribution is 6.58. The Hall–Kier alpha value is -1.85. The predicted molar refractivity (Wildman–Crippen MR) is 67.5 cm³/mol. The van der Waals surface area contributed by atoms with Crippen molar-refractivity contribution < 1.29 is 19.2 Å². The molecule has 5 heteroatoms. The molecule has 0 saturated carbocycles. The van der Waals surface area contributed by atoms with Crippen LogP contribution in [0.4, 0.5) is 4.39 Å². The smallest absolute Gasteiger partial charge is 0.457 e. The summed E-state index contributed by atoms with van der Waals surface area (Å²) < 4.78 is 18.8. The van der Waals surface area contributed by atoms with Crippen LogP contribution in [0.5, 0.6) is 11.5 Å². The minimum atomic E-state index is -1.50. The second-order valence-electron chi connectivity index (χ2n) is 3.96. The number of ether oxygens (including phenoxy) is 1. The van der Waals surface area contributed by atoms with Crippen LogP contribution in [0.15, 0.2) is 42.5 Å². The van der Waals surface area contributed by atoms with Gasteiger partial charge in [-0.15, -0.1) is 0 Å². The number of benzene rings is 2. The number of aryl methyl sites for hydroxylation is 1. The summed E-state index contributed by atoms with van der Waals surface area (Å²) in [4.78, 5) is 0. The minimum Gasteiger partial charge on any atom is -0.457 e. The lowest BCUT2D eigenvalue weighted by atomic mass is 9.80. The van der Waals surface area contributed by atoms with Gasteiger partial charge in [0.05, 0.1) is 0 Å². The maximum atomic E-state index is 13.3. The molecule has 0 bridgehead atoms. The van der Waals surface area contributed by atoms with Gasteiger partial charge in [0.1, 0.15) is 17.3 Å². The molecule has 0 unspecified atom stereocenters. The van der Waals surface area contributed by atoms with Crippen molar-refractivity contribution in [2.24, 2.45) is 0 Å². The monoisotopic (exact) mass is 246 g/mol. The topological polar surface area (TPSA) is 49.7 Å². The summed E-state index contributed by atoms with van der Waals surface area (Å²) in [5.41, 5.74) is 0.929. The summed E-state index contributed by atoms with van der Waals surface area (Å²) in [7, 11) is -1.50. The zero-order valence-electron chi connectivity index (χ0n) is 9.80. The normalized spacial score (nSPS) is 10.2. The first-order valence-electron chi connectivity index (χ1n) is 5.46. The Labute approximate surface area is 105 Å². The molecule has 0 amide bonds. The summed E-state index contributed by atoms with van der Waals surface area (Å²) >= 11 is 0. The average Bonchev–Trinajstić information content (AvgIpc) is 2.34. The summed E-state index contributed by atoms with van der Waals surface area (Å²) in [5, 5.41) is 17.9. The van der Waals surface area contributed by atoms with E-state index in [0.29, 0.717) is 22.5 Å². The van der Waals surface area contributed by atoms with Gasteiger partial charge in [-0.1, -0.05) is 18.2 Å². The fraction of sp³-hybridized carbons (Fsp3) is 0.0769. The summed E-state index contributed by atoms with van der Waals surface area (Å²) in [6, 6.07) is 10.9. The van der Waals surface area contributed by atoms with Crippen LogP contribution >= 0.6 is 0 Å². The molecule has 0 atom stereocenters. The second kappa shape index (κ2) is 5.20. The maximum Gasteiger partial charge on any atom is 0.488 e. The fourth-order valence-electron chi connectivity index (χ4n) is 1.48. The van der Waals surface area contributed by atoms with Gasteiger partial charge in [-0.2, -0.15) is 0 Å². The third kappa shape index (κ3) is 2.88. The third-order valence-electron chi connectivity index (χ3n) is 2.56. The van der Waals surface area contributed by atoms with E-state index in [1.807, 2.05) is 0 Å². The zero-order valence-corrected chi connectivity index (χ0v) is 9.80. The Morgan fingerprint density at radius 2 is 1.61 bits per heavy atom. The molecule has 2 N–H and O–H groups in total. The molecule has 0 fully saturated rings. The molecule has 3 nitrogen and oxygen atoms in total. The number of halogens is 1. The van der Waals surface area contributed by atoms with E-state index in [9.17, 15) is 4.39 Å². The summed E-state index contributed by atoms with van der Waals surface area (Å²) in [6.07, 6.45) is 0. The van der Waals surface area contributed by atoms with Crippen molar-refractivity contribution in [2.75, 3.05) is 0 Å². The largest absolute Gasteiger partial charge is 0.488 e. The van der Waals surface area contributed by atoms with Crippen LogP contribution in [-0.4, -0.2) is 17.2 Å². The van der Waals surface area contributed by atoms with Crippen LogP contribution in [0, 0.1) is 12.7 Å². The van der Waals surface area contributed by atoms with Crippen molar-refractivity contribution in [2.45, 2.75) is 6.92 Å². The molecule has 0 radical (unpaired) electrons. The molecule has 0 spiro atoms. The summed E-state index contributed by atoms with van der Waals surface area (Å²) in [6.45, 7) is 1.68. The van der Waals surface area contributed by atoms with Gasteiger partial charge in [-0.25, -0.2) is 4.39 Å². The van der Waals surface area contributed by atoms with Crippen molar-refractivity contribution in [3.05, 3.63) is 53.8 Å². The standard InChI is InChI=1S/C13H12BFO3/c1-9-2-5-12(8-13(9)15)18-11-6-3-10(4-7-11)14(16)17/h2-8,16-17H,1H3. The molecular formula is C13H12BFO3. The lowest BCUT2D eigenvalue weighted by Gasteiger charge is -2.07. The lowest BCUT2D eigenvalue weighted by Crippen LogP contribution is -2.29. The predicted octanol–water partition coefficient (Wildman–Crippen LogP) is 1.61. The van der Waals surface area contributed by atoms with Gasteiger partial charge in [0.15, 0.2) is 0 Å². The molecule has 2 aromatic carbocycles. The van der Waals surface area contributed by atoms with E-state index in [-0.39, 0.29) is 5.82 Å². The molecule has 0 aliphatic heterocycles. The van der Waals surface area contributed by atoms with Crippen LogP contribution < -0.4 is 10.2 Å². The molecule has 2 aromatic rings. The quantitative estimate of drug-likeness (QED) is 0.809. The van der Waals surface area contributed by atoms with E-state index >= 15 is 0 Å². The zero-order chi connectivity index (χ0) is 13.1. The Morgan fingerprint density at radius 3 is 2.17 bits per heavy atom. The Morgan fingerprint density at radius 1 is 1.00 bits per heavy atom. The molecular weight excluding hydrogens is 234 g/mol. The molecule has 0 heterocycles. The van der Waals surface area contributed by atoms with Crippen molar-refractivity contribution >= 4 is 12.6 Å². The SMILES string of the molecule is Cc1ccc(Oc2ccc(B(O)O)cc2)cc1F. The minimum absolute atomic E-state index is 0.324. The van der Waals surface area contributed by atoms with Gasteiger partial charge in [-0.05, 0) is 36.1 Å². The molecule has 0 saturated heterocycles. The molecule has 0 aliphatic rings. The molecule has 92 valence electrons. The van der Waals surface area contributed by atoms with Crippen molar-refractivity contribution in [3.63, 3.8) is 0 Å². The summed E-state index contributed by atoms with van der Waals surface area (Å²) in [5.74, 6) is 0.577. The maximum absolute atomic E-state index is 13.3. The molecule has 0 aliphatic carbocycles. The van der Waals surface area contributed by atoms with Crippen LogP contribution in [-0.2, 0) is 0 Å². The average molecular weight is 246 g/mol. The van der Waals surface area contributed by atoms with Crippen LogP contribution in [0.25, 0.3) is 0 Å².